The highest BCUT2D eigenvalue weighted by Gasteiger charge is 2.21. The zero-order chi connectivity index (χ0) is 21.0. The van der Waals surface area contributed by atoms with Crippen LogP contribution in [0, 0.1) is 0 Å². The summed E-state index contributed by atoms with van der Waals surface area (Å²) in [6.07, 6.45) is 4.54. The van der Waals surface area contributed by atoms with Crippen LogP contribution >= 0.6 is 0 Å². The molecule has 1 aliphatic rings. The quantitative estimate of drug-likeness (QED) is 0.738. The van der Waals surface area contributed by atoms with Gasteiger partial charge in [0.15, 0.2) is 0 Å². The highest BCUT2D eigenvalue weighted by atomic mass is 32.2. The van der Waals surface area contributed by atoms with Crippen LogP contribution < -0.4 is 10.2 Å². The van der Waals surface area contributed by atoms with Crippen molar-refractivity contribution in [1.82, 2.24) is 4.31 Å². The van der Waals surface area contributed by atoms with Crippen molar-refractivity contribution in [3.8, 4) is 0 Å². The van der Waals surface area contributed by atoms with Gasteiger partial charge in [0.05, 0.1) is 4.90 Å². The van der Waals surface area contributed by atoms with Crippen LogP contribution in [0.1, 0.15) is 18.4 Å². The molecule has 1 aliphatic heterocycles. The molecule has 0 spiro atoms. The molecule has 2 aromatic rings. The molecule has 152 valence electrons. The number of nitrogens with one attached hydrogen (secondary N) is 1. The number of hydrogen-bond acceptors (Lipinski definition) is 4. The Morgan fingerprint density at radius 1 is 1.07 bits per heavy atom. The predicted octanol–water partition coefficient (Wildman–Crippen LogP) is 2.72. The molecule has 0 bridgehead atoms. The van der Waals surface area contributed by atoms with E-state index in [1.807, 2.05) is 24.3 Å². The van der Waals surface area contributed by atoms with Gasteiger partial charge in [-0.05, 0) is 54.5 Å². The van der Waals surface area contributed by atoms with Crippen LogP contribution in [0.25, 0.3) is 6.08 Å². The molecular formula is C21H23N3O4S. The highest BCUT2D eigenvalue weighted by Crippen LogP contribution is 2.22. The van der Waals surface area contributed by atoms with Gasteiger partial charge >= 0.3 is 0 Å². The van der Waals surface area contributed by atoms with Gasteiger partial charge < -0.3 is 10.2 Å². The van der Waals surface area contributed by atoms with Crippen molar-refractivity contribution in [3.05, 3.63) is 60.2 Å². The Balaban J connectivity index is 1.60. The van der Waals surface area contributed by atoms with Gasteiger partial charge in [0.25, 0.3) is 0 Å². The lowest BCUT2D eigenvalue weighted by Crippen LogP contribution is -2.23. The van der Waals surface area contributed by atoms with E-state index in [1.165, 1.54) is 32.3 Å². The van der Waals surface area contributed by atoms with Crippen LogP contribution in [0.5, 0.6) is 0 Å². The molecule has 0 aliphatic carbocycles. The lowest BCUT2D eigenvalue weighted by molar-refractivity contribution is -0.117. The number of carbonyl (C=O) groups excluding carboxylic acids is 2. The van der Waals surface area contributed by atoms with Gasteiger partial charge in [-0.25, -0.2) is 12.7 Å². The maximum atomic E-state index is 12.1. The normalized spacial score (nSPS) is 14.7. The summed E-state index contributed by atoms with van der Waals surface area (Å²) < 4.78 is 25.2. The van der Waals surface area contributed by atoms with E-state index in [9.17, 15) is 18.0 Å². The summed E-state index contributed by atoms with van der Waals surface area (Å²) in [6.45, 7) is 0.741. The van der Waals surface area contributed by atoms with E-state index >= 15 is 0 Å². The topological polar surface area (TPSA) is 86.8 Å². The molecule has 1 heterocycles. The molecule has 0 unspecified atom stereocenters. The second-order valence-electron chi connectivity index (χ2n) is 6.87. The summed E-state index contributed by atoms with van der Waals surface area (Å²) in [7, 11) is -0.572. The van der Waals surface area contributed by atoms with Crippen molar-refractivity contribution in [2.45, 2.75) is 17.7 Å². The number of amides is 2. The lowest BCUT2D eigenvalue weighted by atomic mass is 10.2. The summed E-state index contributed by atoms with van der Waals surface area (Å²) in [5.41, 5.74) is 2.20. The van der Waals surface area contributed by atoms with Crippen molar-refractivity contribution in [3.63, 3.8) is 0 Å². The molecule has 0 saturated carbocycles. The van der Waals surface area contributed by atoms with Gasteiger partial charge in [0.1, 0.15) is 0 Å². The molecule has 29 heavy (non-hydrogen) atoms. The summed E-state index contributed by atoms with van der Waals surface area (Å²) in [5.74, 6) is -0.191. The summed E-state index contributed by atoms with van der Waals surface area (Å²) >= 11 is 0. The van der Waals surface area contributed by atoms with Crippen molar-refractivity contribution in [1.29, 1.82) is 0 Å². The third kappa shape index (κ3) is 4.90. The Kier molecular flexibility index (Phi) is 6.14. The molecular weight excluding hydrogens is 390 g/mol. The first-order chi connectivity index (χ1) is 13.8. The van der Waals surface area contributed by atoms with Crippen molar-refractivity contribution in [2.75, 3.05) is 30.9 Å². The first kappa shape index (κ1) is 20.8. The molecule has 1 fully saturated rings. The summed E-state index contributed by atoms with van der Waals surface area (Å²) in [6, 6.07) is 13.4. The molecule has 2 amide bonds. The monoisotopic (exact) mass is 413 g/mol. The van der Waals surface area contributed by atoms with E-state index in [-0.39, 0.29) is 16.7 Å². The van der Waals surface area contributed by atoms with Crippen LogP contribution in [0.2, 0.25) is 0 Å². The number of carbonyl (C=O) groups is 2. The van der Waals surface area contributed by atoms with Crippen LogP contribution in [0.3, 0.4) is 0 Å². The number of nitrogens with zero attached hydrogens (tertiary/aromatic N) is 2. The van der Waals surface area contributed by atoms with Gasteiger partial charge in [-0.1, -0.05) is 12.1 Å². The summed E-state index contributed by atoms with van der Waals surface area (Å²) in [4.78, 5) is 25.8. The molecule has 7 nitrogen and oxygen atoms in total. The van der Waals surface area contributed by atoms with Crippen molar-refractivity contribution >= 4 is 39.3 Å². The third-order valence-electron chi connectivity index (χ3n) is 4.61. The second-order valence-corrected chi connectivity index (χ2v) is 9.03. The molecule has 0 aromatic heterocycles. The Hall–Kier alpha value is -2.97. The number of benzene rings is 2. The minimum Gasteiger partial charge on any atom is -0.323 e. The van der Waals surface area contributed by atoms with Gasteiger partial charge in [0, 0.05) is 44.5 Å². The standard InChI is InChI=1S/C21H23N3O4S/c1-23(2)29(27,28)19-12-8-17(9-13-19)22-20(25)14-7-16-5-10-18(11-6-16)24-15-3-4-21(24)26/h5-14H,3-4,15H2,1-2H3,(H,22,25)/b14-7+. The zero-order valence-electron chi connectivity index (χ0n) is 16.3. The van der Waals surface area contributed by atoms with Gasteiger partial charge in [-0.3, -0.25) is 9.59 Å². The van der Waals surface area contributed by atoms with Crippen LogP contribution in [-0.2, 0) is 19.6 Å². The third-order valence-corrected chi connectivity index (χ3v) is 6.44. The smallest absolute Gasteiger partial charge is 0.248 e. The van der Waals surface area contributed by atoms with Gasteiger partial charge in [-0.15, -0.1) is 0 Å². The number of hydrogen-bond donors (Lipinski definition) is 1. The van der Waals surface area contributed by atoms with E-state index in [0.717, 1.165) is 28.5 Å². The fourth-order valence-corrected chi connectivity index (χ4v) is 3.87. The summed E-state index contributed by atoms with van der Waals surface area (Å²) in [5, 5.41) is 2.69. The van der Waals surface area contributed by atoms with E-state index in [0.29, 0.717) is 12.1 Å². The molecule has 1 N–H and O–H groups in total. The minimum absolute atomic E-state index is 0.136. The Labute approximate surface area is 170 Å². The first-order valence-electron chi connectivity index (χ1n) is 9.19. The Morgan fingerprint density at radius 2 is 1.72 bits per heavy atom. The zero-order valence-corrected chi connectivity index (χ0v) is 17.1. The fraction of sp³-hybridized carbons (Fsp3) is 0.238. The highest BCUT2D eigenvalue weighted by molar-refractivity contribution is 7.89. The largest absolute Gasteiger partial charge is 0.323 e. The Morgan fingerprint density at radius 3 is 2.28 bits per heavy atom. The second kappa shape index (κ2) is 8.59. The van der Waals surface area contributed by atoms with Gasteiger partial charge in [0.2, 0.25) is 21.8 Å². The van der Waals surface area contributed by atoms with E-state index in [4.69, 9.17) is 0 Å². The maximum absolute atomic E-state index is 12.1. The molecule has 0 radical (unpaired) electrons. The molecule has 8 heteroatoms. The lowest BCUT2D eigenvalue weighted by Gasteiger charge is -2.15. The van der Waals surface area contributed by atoms with E-state index in [2.05, 4.69) is 5.32 Å². The average molecular weight is 413 g/mol. The van der Waals surface area contributed by atoms with Crippen LogP contribution in [0.15, 0.2) is 59.5 Å². The van der Waals surface area contributed by atoms with E-state index in [1.54, 1.807) is 23.1 Å². The number of sulfonamides is 1. The molecule has 1 saturated heterocycles. The molecule has 3 rings (SSSR count). The minimum atomic E-state index is -3.50. The number of rotatable bonds is 6. The fourth-order valence-electron chi connectivity index (χ4n) is 2.96. The SMILES string of the molecule is CN(C)S(=O)(=O)c1ccc(NC(=O)/C=C/c2ccc(N3CCCC3=O)cc2)cc1. The van der Waals surface area contributed by atoms with Crippen molar-refractivity contribution < 1.29 is 18.0 Å². The van der Waals surface area contributed by atoms with Crippen LogP contribution in [0.4, 0.5) is 11.4 Å². The Bertz CT molecular complexity index is 1030. The van der Waals surface area contributed by atoms with Crippen molar-refractivity contribution in [2.24, 2.45) is 0 Å². The first-order valence-corrected chi connectivity index (χ1v) is 10.6. The average Bonchev–Trinajstić information content (AvgIpc) is 3.13. The number of anilines is 2. The maximum Gasteiger partial charge on any atom is 0.248 e. The van der Waals surface area contributed by atoms with Crippen LogP contribution in [-0.4, -0.2) is 45.2 Å². The van der Waals surface area contributed by atoms with E-state index < -0.39 is 10.0 Å². The molecule has 0 atom stereocenters. The molecule has 2 aromatic carbocycles. The van der Waals surface area contributed by atoms with Gasteiger partial charge in [-0.2, -0.15) is 0 Å². The predicted molar refractivity (Wildman–Crippen MR) is 113 cm³/mol.